The highest BCUT2D eigenvalue weighted by Gasteiger charge is 2.25. The zero-order chi connectivity index (χ0) is 9.19. The van der Waals surface area contributed by atoms with Crippen molar-refractivity contribution in [2.45, 2.75) is 39.7 Å². The Morgan fingerprint density at radius 3 is 2.58 bits per heavy atom. The lowest BCUT2D eigenvalue weighted by Crippen LogP contribution is -2.37. The summed E-state index contributed by atoms with van der Waals surface area (Å²) < 4.78 is 5.26. The van der Waals surface area contributed by atoms with E-state index in [2.05, 4.69) is 20.8 Å². The van der Waals surface area contributed by atoms with Crippen LogP contribution < -0.4 is 5.73 Å². The number of nitrogens with two attached hydrogens (primary N) is 1. The molecule has 1 aliphatic rings. The second-order valence-electron chi connectivity index (χ2n) is 4.51. The van der Waals surface area contributed by atoms with E-state index in [1.54, 1.807) is 0 Å². The smallest absolute Gasteiger partial charge is 0.0876 e. The molecule has 0 aliphatic carbocycles. The molecule has 1 unspecified atom stereocenters. The topological polar surface area (TPSA) is 35.2 Å². The highest BCUT2D eigenvalue weighted by atomic mass is 16.5. The van der Waals surface area contributed by atoms with Crippen LogP contribution in [0.2, 0.25) is 0 Å². The van der Waals surface area contributed by atoms with Crippen LogP contribution in [0, 0.1) is 5.41 Å². The summed E-state index contributed by atoms with van der Waals surface area (Å²) in [5.74, 6) is 0. The van der Waals surface area contributed by atoms with Gasteiger partial charge in [-0.1, -0.05) is 20.8 Å². The summed E-state index contributed by atoms with van der Waals surface area (Å²) in [6.07, 6.45) is 4.05. The molecule has 0 saturated carbocycles. The summed E-state index contributed by atoms with van der Waals surface area (Å²) in [5.41, 5.74) is 7.48. The molecule has 0 radical (unpaired) electrons. The quantitative estimate of drug-likeness (QED) is 0.652. The van der Waals surface area contributed by atoms with Crippen molar-refractivity contribution in [3.8, 4) is 0 Å². The Morgan fingerprint density at radius 2 is 2.17 bits per heavy atom. The zero-order valence-electron chi connectivity index (χ0n) is 8.26. The van der Waals surface area contributed by atoms with Gasteiger partial charge in [0.05, 0.1) is 12.9 Å². The Kier molecular flexibility index (Phi) is 2.78. The van der Waals surface area contributed by atoms with E-state index in [1.165, 1.54) is 5.57 Å². The van der Waals surface area contributed by atoms with Gasteiger partial charge in [-0.05, 0) is 23.8 Å². The molecule has 1 aliphatic heterocycles. The molecule has 0 aromatic rings. The fourth-order valence-corrected chi connectivity index (χ4v) is 1.37. The maximum absolute atomic E-state index is 6.08. The molecular weight excluding hydrogens is 150 g/mol. The number of ether oxygens (including phenoxy) is 1. The van der Waals surface area contributed by atoms with E-state index in [1.807, 2.05) is 6.26 Å². The lowest BCUT2D eigenvalue weighted by molar-refractivity contribution is 0.211. The molecule has 0 bridgehead atoms. The van der Waals surface area contributed by atoms with E-state index in [0.717, 1.165) is 19.4 Å². The maximum Gasteiger partial charge on any atom is 0.0876 e. The standard InChI is InChI=1S/C10H19NO/c1-10(2,3)9(11)8-5-4-6-12-7-8/h7,9H,4-6,11H2,1-3H3. The van der Waals surface area contributed by atoms with Gasteiger partial charge in [0.2, 0.25) is 0 Å². The molecule has 0 aromatic carbocycles. The van der Waals surface area contributed by atoms with Gasteiger partial charge in [-0.15, -0.1) is 0 Å². The summed E-state index contributed by atoms with van der Waals surface area (Å²) >= 11 is 0. The van der Waals surface area contributed by atoms with Gasteiger partial charge in [0, 0.05) is 6.04 Å². The van der Waals surface area contributed by atoms with Crippen LogP contribution in [0.5, 0.6) is 0 Å². The molecule has 12 heavy (non-hydrogen) atoms. The Hall–Kier alpha value is -0.500. The minimum Gasteiger partial charge on any atom is -0.501 e. The monoisotopic (exact) mass is 169 g/mol. The fourth-order valence-electron chi connectivity index (χ4n) is 1.37. The maximum atomic E-state index is 6.08. The molecular formula is C10H19NO. The predicted octanol–water partition coefficient (Wildman–Crippen LogP) is 2.05. The first-order chi connectivity index (χ1) is 5.52. The highest BCUT2D eigenvalue weighted by Crippen LogP contribution is 2.27. The van der Waals surface area contributed by atoms with Crippen LogP contribution in [0.4, 0.5) is 0 Å². The molecule has 1 atom stereocenters. The van der Waals surface area contributed by atoms with Crippen molar-refractivity contribution in [3.63, 3.8) is 0 Å². The summed E-state index contributed by atoms with van der Waals surface area (Å²) in [6.45, 7) is 7.33. The Bertz CT molecular complexity index is 179. The van der Waals surface area contributed by atoms with E-state index in [-0.39, 0.29) is 11.5 Å². The summed E-state index contributed by atoms with van der Waals surface area (Å²) in [4.78, 5) is 0. The molecule has 0 aromatic heterocycles. The van der Waals surface area contributed by atoms with Gasteiger partial charge >= 0.3 is 0 Å². The van der Waals surface area contributed by atoms with E-state index in [9.17, 15) is 0 Å². The number of hydrogen-bond donors (Lipinski definition) is 1. The van der Waals surface area contributed by atoms with Crippen LogP contribution in [0.1, 0.15) is 33.6 Å². The normalized spacial score (nSPS) is 21.2. The summed E-state index contributed by atoms with van der Waals surface area (Å²) in [7, 11) is 0. The lowest BCUT2D eigenvalue weighted by atomic mass is 9.81. The second kappa shape index (κ2) is 3.48. The minimum absolute atomic E-state index is 0.137. The lowest BCUT2D eigenvalue weighted by Gasteiger charge is -2.30. The SMILES string of the molecule is CC(C)(C)C(N)C1=COCCC1. The largest absolute Gasteiger partial charge is 0.501 e. The third-order valence-corrected chi connectivity index (χ3v) is 2.29. The molecule has 1 rings (SSSR count). The third-order valence-electron chi connectivity index (χ3n) is 2.29. The number of rotatable bonds is 1. The zero-order valence-corrected chi connectivity index (χ0v) is 8.26. The molecule has 1 heterocycles. The van der Waals surface area contributed by atoms with Crippen molar-refractivity contribution in [2.24, 2.45) is 11.1 Å². The van der Waals surface area contributed by atoms with Gasteiger partial charge in [0.1, 0.15) is 0 Å². The van der Waals surface area contributed by atoms with E-state index >= 15 is 0 Å². The average Bonchev–Trinajstić information content (AvgIpc) is 2.03. The van der Waals surface area contributed by atoms with Gasteiger partial charge in [-0.2, -0.15) is 0 Å². The van der Waals surface area contributed by atoms with Crippen molar-refractivity contribution in [1.29, 1.82) is 0 Å². The molecule has 0 fully saturated rings. The van der Waals surface area contributed by atoms with Gasteiger partial charge in [0.25, 0.3) is 0 Å². The van der Waals surface area contributed by atoms with Gasteiger partial charge < -0.3 is 10.5 Å². The average molecular weight is 169 g/mol. The summed E-state index contributed by atoms with van der Waals surface area (Å²) in [6, 6.07) is 0.137. The molecule has 0 spiro atoms. The van der Waals surface area contributed by atoms with Gasteiger partial charge in [-0.3, -0.25) is 0 Å². The third kappa shape index (κ3) is 2.24. The molecule has 70 valence electrons. The Balaban J connectivity index is 2.62. The van der Waals surface area contributed by atoms with Crippen LogP contribution >= 0.6 is 0 Å². The van der Waals surface area contributed by atoms with Crippen LogP contribution in [0.15, 0.2) is 11.8 Å². The van der Waals surface area contributed by atoms with Crippen LogP contribution in [0.3, 0.4) is 0 Å². The van der Waals surface area contributed by atoms with Gasteiger partial charge in [-0.25, -0.2) is 0 Å². The van der Waals surface area contributed by atoms with Crippen molar-refractivity contribution >= 4 is 0 Å². The van der Waals surface area contributed by atoms with E-state index in [4.69, 9.17) is 10.5 Å². The van der Waals surface area contributed by atoms with Crippen molar-refractivity contribution in [2.75, 3.05) is 6.61 Å². The molecule has 2 heteroatoms. The van der Waals surface area contributed by atoms with Crippen molar-refractivity contribution < 1.29 is 4.74 Å². The van der Waals surface area contributed by atoms with Crippen molar-refractivity contribution in [1.82, 2.24) is 0 Å². The first-order valence-corrected chi connectivity index (χ1v) is 4.58. The molecule has 0 amide bonds. The fraction of sp³-hybridized carbons (Fsp3) is 0.800. The van der Waals surface area contributed by atoms with Gasteiger partial charge in [0.15, 0.2) is 0 Å². The molecule has 2 N–H and O–H groups in total. The van der Waals surface area contributed by atoms with Crippen LogP contribution in [-0.4, -0.2) is 12.6 Å². The predicted molar refractivity (Wildman–Crippen MR) is 50.7 cm³/mol. The van der Waals surface area contributed by atoms with Crippen molar-refractivity contribution in [3.05, 3.63) is 11.8 Å². The first-order valence-electron chi connectivity index (χ1n) is 4.58. The molecule has 2 nitrogen and oxygen atoms in total. The summed E-state index contributed by atoms with van der Waals surface area (Å²) in [5, 5.41) is 0. The van der Waals surface area contributed by atoms with Crippen LogP contribution in [-0.2, 0) is 4.74 Å². The van der Waals surface area contributed by atoms with E-state index in [0.29, 0.717) is 0 Å². The number of hydrogen-bond acceptors (Lipinski definition) is 2. The highest BCUT2D eigenvalue weighted by molar-refractivity contribution is 5.12. The Morgan fingerprint density at radius 1 is 1.50 bits per heavy atom. The Labute approximate surface area is 74.8 Å². The van der Waals surface area contributed by atoms with Crippen LogP contribution in [0.25, 0.3) is 0 Å². The molecule has 0 saturated heterocycles. The second-order valence-corrected chi connectivity index (χ2v) is 4.51. The van der Waals surface area contributed by atoms with E-state index < -0.39 is 0 Å². The minimum atomic E-state index is 0.137. The first kappa shape index (κ1) is 9.59.